The number of nitrogens with zero attached hydrogens (tertiary/aromatic N) is 2. The molecule has 2 rings (SSSR count). The lowest BCUT2D eigenvalue weighted by molar-refractivity contribution is -0.119. The van der Waals surface area contributed by atoms with Gasteiger partial charge in [-0.3, -0.25) is 4.79 Å². The van der Waals surface area contributed by atoms with E-state index in [1.807, 2.05) is 24.0 Å². The highest BCUT2D eigenvalue weighted by atomic mass is 16.1. The van der Waals surface area contributed by atoms with Gasteiger partial charge in [0.15, 0.2) is 0 Å². The van der Waals surface area contributed by atoms with E-state index < -0.39 is 0 Å². The first-order valence-corrected chi connectivity index (χ1v) is 5.70. The number of aryl methyl sites for hydroxylation is 1. The number of benzene rings is 1. The number of rotatable bonds is 2. The van der Waals surface area contributed by atoms with Gasteiger partial charge in [0.1, 0.15) is 12.1 Å². The summed E-state index contributed by atoms with van der Waals surface area (Å²) in [6, 6.07) is 7.53. The summed E-state index contributed by atoms with van der Waals surface area (Å²) in [6.45, 7) is 2.76. The summed E-state index contributed by atoms with van der Waals surface area (Å²) in [5.74, 6) is -0.312. The Bertz CT molecular complexity index is 490. The van der Waals surface area contributed by atoms with E-state index >= 15 is 0 Å². The minimum atomic E-state index is -0.312. The smallest absolute Gasteiger partial charge is 0.240 e. The van der Waals surface area contributed by atoms with Crippen LogP contribution >= 0.6 is 0 Å². The van der Waals surface area contributed by atoms with Gasteiger partial charge in [-0.1, -0.05) is 6.07 Å². The molecule has 1 saturated heterocycles. The zero-order valence-corrected chi connectivity index (χ0v) is 9.81. The lowest BCUT2D eigenvalue weighted by Gasteiger charge is -2.25. The third kappa shape index (κ3) is 2.09. The molecule has 0 saturated carbocycles. The fourth-order valence-corrected chi connectivity index (χ4v) is 2.32. The molecule has 4 heteroatoms. The molecule has 1 fully saturated rings. The van der Waals surface area contributed by atoms with Crippen molar-refractivity contribution in [3.63, 3.8) is 0 Å². The number of hydrogen-bond donors (Lipinski definition) is 1. The molecule has 0 aliphatic carbocycles. The average Bonchev–Trinajstić information content (AvgIpc) is 2.77. The highest BCUT2D eigenvalue weighted by Crippen LogP contribution is 2.29. The molecule has 0 radical (unpaired) electrons. The summed E-state index contributed by atoms with van der Waals surface area (Å²) in [6.07, 6.45) is 1.71. The maximum atomic E-state index is 11.4. The van der Waals surface area contributed by atoms with Crippen molar-refractivity contribution in [3.8, 4) is 6.07 Å². The van der Waals surface area contributed by atoms with Crippen LogP contribution in [0.15, 0.2) is 18.2 Å². The van der Waals surface area contributed by atoms with Gasteiger partial charge in [0, 0.05) is 6.54 Å². The number of primary amides is 1. The Kier molecular flexibility index (Phi) is 3.01. The molecular formula is C13H15N3O. The maximum absolute atomic E-state index is 11.4. The highest BCUT2D eigenvalue weighted by molar-refractivity contribution is 5.85. The third-order valence-electron chi connectivity index (χ3n) is 3.16. The molecule has 0 spiro atoms. The minimum absolute atomic E-state index is 0.274. The first-order valence-electron chi connectivity index (χ1n) is 5.70. The fraction of sp³-hybridized carbons (Fsp3) is 0.385. The summed E-state index contributed by atoms with van der Waals surface area (Å²) in [7, 11) is 0. The predicted molar refractivity (Wildman–Crippen MR) is 65.5 cm³/mol. The number of carbonyl (C=O) groups is 1. The average molecular weight is 229 g/mol. The quantitative estimate of drug-likeness (QED) is 0.831. The molecule has 88 valence electrons. The predicted octanol–water partition coefficient (Wildman–Crippen LogP) is 1.32. The Hall–Kier alpha value is -2.02. The van der Waals surface area contributed by atoms with Gasteiger partial charge >= 0.3 is 0 Å². The number of nitriles is 1. The maximum Gasteiger partial charge on any atom is 0.240 e. The second-order valence-corrected chi connectivity index (χ2v) is 4.39. The molecule has 1 amide bonds. The van der Waals surface area contributed by atoms with Crippen LogP contribution in [0.2, 0.25) is 0 Å². The van der Waals surface area contributed by atoms with Crippen LogP contribution in [0.4, 0.5) is 5.69 Å². The Balaban J connectivity index is 2.42. The van der Waals surface area contributed by atoms with E-state index in [1.165, 1.54) is 0 Å². The van der Waals surface area contributed by atoms with Gasteiger partial charge in [-0.2, -0.15) is 5.26 Å². The topological polar surface area (TPSA) is 70.1 Å². The highest BCUT2D eigenvalue weighted by Gasteiger charge is 2.30. The van der Waals surface area contributed by atoms with Gasteiger partial charge in [-0.05, 0) is 37.5 Å². The lowest BCUT2D eigenvalue weighted by Crippen LogP contribution is -2.40. The summed E-state index contributed by atoms with van der Waals surface area (Å²) in [5, 5.41) is 9.10. The molecule has 17 heavy (non-hydrogen) atoms. The third-order valence-corrected chi connectivity index (χ3v) is 3.16. The molecule has 1 aromatic rings. The van der Waals surface area contributed by atoms with Gasteiger partial charge in [0.2, 0.25) is 5.91 Å². The molecule has 0 bridgehead atoms. The number of carbonyl (C=O) groups excluding carboxylic acids is 1. The molecule has 1 unspecified atom stereocenters. The van der Waals surface area contributed by atoms with E-state index in [0.717, 1.165) is 30.6 Å². The Morgan fingerprint density at radius 1 is 1.59 bits per heavy atom. The first kappa shape index (κ1) is 11.5. The van der Waals surface area contributed by atoms with Crippen LogP contribution in [0.1, 0.15) is 24.0 Å². The number of nitrogens with two attached hydrogens (primary N) is 1. The van der Waals surface area contributed by atoms with Crippen LogP contribution in [0.3, 0.4) is 0 Å². The zero-order chi connectivity index (χ0) is 12.4. The standard InChI is InChI=1S/C13H15N3O/c1-9-4-5-10(8-14)12(7-9)16-6-2-3-11(16)13(15)17/h4-5,7,11H,2-3,6H2,1H3,(H2,15,17). The zero-order valence-electron chi connectivity index (χ0n) is 9.81. The van der Waals surface area contributed by atoms with E-state index in [4.69, 9.17) is 11.0 Å². The summed E-state index contributed by atoms with van der Waals surface area (Å²) in [5.41, 5.74) is 7.90. The normalized spacial score (nSPS) is 19.1. The number of amides is 1. The molecule has 1 aromatic carbocycles. The summed E-state index contributed by atoms with van der Waals surface area (Å²) in [4.78, 5) is 13.3. The number of anilines is 1. The van der Waals surface area contributed by atoms with Crippen LogP contribution in [0.25, 0.3) is 0 Å². The monoisotopic (exact) mass is 229 g/mol. The molecule has 0 aromatic heterocycles. The second kappa shape index (κ2) is 4.46. The van der Waals surface area contributed by atoms with Crippen molar-refractivity contribution in [1.82, 2.24) is 0 Å². The van der Waals surface area contributed by atoms with Crippen LogP contribution in [0, 0.1) is 18.3 Å². The Morgan fingerprint density at radius 3 is 3.00 bits per heavy atom. The molecule has 4 nitrogen and oxygen atoms in total. The first-order chi connectivity index (χ1) is 8.13. The van der Waals surface area contributed by atoms with Crippen molar-refractivity contribution in [1.29, 1.82) is 5.26 Å². The second-order valence-electron chi connectivity index (χ2n) is 4.39. The van der Waals surface area contributed by atoms with E-state index in [9.17, 15) is 4.79 Å². The Morgan fingerprint density at radius 2 is 2.35 bits per heavy atom. The van der Waals surface area contributed by atoms with Crippen LogP contribution in [0.5, 0.6) is 0 Å². The molecular weight excluding hydrogens is 214 g/mol. The van der Waals surface area contributed by atoms with Gasteiger partial charge < -0.3 is 10.6 Å². The summed E-state index contributed by atoms with van der Waals surface area (Å²) < 4.78 is 0. The molecule has 1 aliphatic heterocycles. The molecule has 1 heterocycles. The largest absolute Gasteiger partial charge is 0.368 e. The van der Waals surface area contributed by atoms with E-state index in [-0.39, 0.29) is 11.9 Å². The van der Waals surface area contributed by atoms with Crippen LogP contribution < -0.4 is 10.6 Å². The SMILES string of the molecule is Cc1ccc(C#N)c(N2CCCC2C(N)=O)c1. The van der Waals surface area contributed by atoms with Gasteiger partial charge in [0.05, 0.1) is 11.3 Å². The van der Waals surface area contributed by atoms with Crippen molar-refractivity contribution >= 4 is 11.6 Å². The van der Waals surface area contributed by atoms with Crippen molar-refractivity contribution in [2.75, 3.05) is 11.4 Å². The van der Waals surface area contributed by atoms with Crippen molar-refractivity contribution in [3.05, 3.63) is 29.3 Å². The van der Waals surface area contributed by atoms with Crippen LogP contribution in [-0.4, -0.2) is 18.5 Å². The van der Waals surface area contributed by atoms with Crippen molar-refractivity contribution in [2.45, 2.75) is 25.8 Å². The minimum Gasteiger partial charge on any atom is -0.368 e. The Labute approximate surface area is 101 Å². The fourth-order valence-electron chi connectivity index (χ4n) is 2.32. The van der Waals surface area contributed by atoms with Gasteiger partial charge in [-0.15, -0.1) is 0 Å². The van der Waals surface area contributed by atoms with Crippen LogP contribution in [-0.2, 0) is 4.79 Å². The lowest BCUT2D eigenvalue weighted by atomic mass is 10.1. The molecule has 2 N–H and O–H groups in total. The van der Waals surface area contributed by atoms with Gasteiger partial charge in [-0.25, -0.2) is 0 Å². The van der Waals surface area contributed by atoms with E-state index in [0.29, 0.717) is 5.56 Å². The van der Waals surface area contributed by atoms with Crippen molar-refractivity contribution in [2.24, 2.45) is 5.73 Å². The number of hydrogen-bond acceptors (Lipinski definition) is 3. The van der Waals surface area contributed by atoms with Crippen molar-refractivity contribution < 1.29 is 4.79 Å². The van der Waals surface area contributed by atoms with E-state index in [2.05, 4.69) is 6.07 Å². The van der Waals surface area contributed by atoms with E-state index in [1.54, 1.807) is 6.07 Å². The molecule has 1 aliphatic rings. The van der Waals surface area contributed by atoms with Gasteiger partial charge in [0.25, 0.3) is 0 Å². The summed E-state index contributed by atoms with van der Waals surface area (Å²) >= 11 is 0. The molecule has 1 atom stereocenters.